The van der Waals surface area contributed by atoms with Crippen LogP contribution in [0.1, 0.15) is 0 Å². The largest absolute Gasteiger partial charge is 0.396 e. The third kappa shape index (κ3) is 1.35. The Bertz CT molecular complexity index is 653. The van der Waals surface area contributed by atoms with Crippen LogP contribution in [0.15, 0.2) is 6.33 Å². The number of nitrogens with one attached hydrogen (secondary N) is 1. The van der Waals surface area contributed by atoms with E-state index in [1.54, 1.807) is 6.33 Å². The second kappa shape index (κ2) is 3.80. The normalized spacial score (nSPS) is 27.0. The highest BCUT2D eigenvalue weighted by Gasteiger charge is 2.67. The molecule has 4 rings (SSSR count). The lowest BCUT2D eigenvalue weighted by Gasteiger charge is -2.25. The Kier molecular flexibility index (Phi) is 2.25. The number of aliphatic hydroxyl groups is 2. The van der Waals surface area contributed by atoms with Crippen molar-refractivity contribution >= 4 is 22.9 Å². The van der Waals surface area contributed by atoms with Gasteiger partial charge in [0.2, 0.25) is 5.95 Å². The molecule has 0 bridgehead atoms. The average molecular weight is 276 g/mol. The molecule has 2 aromatic heterocycles. The molecular weight excluding hydrogens is 260 g/mol. The van der Waals surface area contributed by atoms with Gasteiger partial charge in [-0.25, -0.2) is 4.98 Å². The van der Waals surface area contributed by atoms with Gasteiger partial charge in [0.15, 0.2) is 11.5 Å². The molecule has 0 amide bonds. The molecule has 2 fully saturated rings. The molecule has 8 heteroatoms. The van der Waals surface area contributed by atoms with Gasteiger partial charge in [0, 0.05) is 18.5 Å². The van der Waals surface area contributed by atoms with Crippen LogP contribution in [0.3, 0.4) is 0 Å². The molecule has 1 saturated heterocycles. The summed E-state index contributed by atoms with van der Waals surface area (Å²) < 4.78 is 0. The van der Waals surface area contributed by atoms with Gasteiger partial charge in [-0.2, -0.15) is 9.97 Å². The first kappa shape index (κ1) is 11.9. The number of imidazole rings is 1. The van der Waals surface area contributed by atoms with E-state index in [2.05, 4.69) is 24.8 Å². The van der Waals surface area contributed by atoms with E-state index in [-0.39, 0.29) is 24.6 Å². The Hall–Kier alpha value is -1.93. The van der Waals surface area contributed by atoms with E-state index >= 15 is 0 Å². The smallest absolute Gasteiger partial charge is 0.224 e. The monoisotopic (exact) mass is 276 g/mol. The molecule has 3 heterocycles. The maximum Gasteiger partial charge on any atom is 0.224 e. The lowest BCUT2D eigenvalue weighted by molar-refractivity contribution is 0.109. The summed E-state index contributed by atoms with van der Waals surface area (Å²) in [5.41, 5.74) is 6.75. The van der Waals surface area contributed by atoms with Gasteiger partial charge in [0.1, 0.15) is 5.52 Å². The van der Waals surface area contributed by atoms with Crippen molar-refractivity contribution in [1.82, 2.24) is 19.9 Å². The van der Waals surface area contributed by atoms with Gasteiger partial charge in [-0.05, 0) is 11.8 Å². The minimum absolute atomic E-state index is 0.0397. The van der Waals surface area contributed by atoms with Crippen LogP contribution in [0.25, 0.3) is 11.2 Å². The number of rotatable bonds is 3. The minimum atomic E-state index is -0.303. The number of anilines is 2. The highest BCUT2D eigenvalue weighted by Crippen LogP contribution is 2.62. The molecule has 8 nitrogen and oxygen atoms in total. The maximum atomic E-state index is 9.46. The highest BCUT2D eigenvalue weighted by molar-refractivity contribution is 5.84. The first-order valence-electron chi connectivity index (χ1n) is 6.63. The number of nitrogens with two attached hydrogens (primary N) is 1. The molecule has 5 N–H and O–H groups in total. The van der Waals surface area contributed by atoms with Crippen molar-refractivity contribution in [2.75, 3.05) is 36.9 Å². The van der Waals surface area contributed by atoms with Crippen molar-refractivity contribution in [3.8, 4) is 0 Å². The van der Waals surface area contributed by atoms with E-state index in [4.69, 9.17) is 5.73 Å². The topological polar surface area (TPSA) is 124 Å². The molecule has 20 heavy (non-hydrogen) atoms. The molecule has 1 aliphatic heterocycles. The van der Waals surface area contributed by atoms with E-state index in [9.17, 15) is 10.2 Å². The zero-order valence-electron chi connectivity index (χ0n) is 10.8. The Morgan fingerprint density at radius 3 is 2.65 bits per heavy atom. The molecule has 0 spiro atoms. The van der Waals surface area contributed by atoms with Crippen LogP contribution in [0.5, 0.6) is 0 Å². The number of aliphatic hydroxyl groups excluding tert-OH is 2. The number of fused-ring (bicyclic) bond motifs is 2. The Balaban J connectivity index is 1.66. The molecule has 1 saturated carbocycles. The summed E-state index contributed by atoms with van der Waals surface area (Å²) in [6.45, 7) is 1.60. The first-order valence-corrected chi connectivity index (χ1v) is 6.63. The van der Waals surface area contributed by atoms with E-state index in [0.717, 1.165) is 24.4 Å². The first-order chi connectivity index (χ1) is 9.69. The van der Waals surface area contributed by atoms with Crippen molar-refractivity contribution in [3.05, 3.63) is 6.33 Å². The van der Waals surface area contributed by atoms with Gasteiger partial charge in [-0.1, -0.05) is 0 Å². The van der Waals surface area contributed by atoms with Gasteiger partial charge in [0.25, 0.3) is 0 Å². The number of hydrogen-bond acceptors (Lipinski definition) is 7. The third-order valence-corrected chi connectivity index (χ3v) is 4.86. The fourth-order valence-corrected chi connectivity index (χ4v) is 3.59. The maximum absolute atomic E-state index is 9.46. The quantitative estimate of drug-likeness (QED) is 0.565. The molecule has 0 aromatic carbocycles. The summed E-state index contributed by atoms with van der Waals surface area (Å²) in [7, 11) is 0. The van der Waals surface area contributed by atoms with Crippen LogP contribution in [0.2, 0.25) is 0 Å². The fraction of sp³-hybridized carbons (Fsp3) is 0.583. The van der Waals surface area contributed by atoms with Crippen molar-refractivity contribution in [3.63, 3.8) is 0 Å². The summed E-state index contributed by atoms with van der Waals surface area (Å²) in [5.74, 6) is 1.58. The molecular formula is C12H16N6O2. The molecule has 106 valence electrons. The summed E-state index contributed by atoms with van der Waals surface area (Å²) in [6.07, 6.45) is 1.57. The lowest BCUT2D eigenvalue weighted by Crippen LogP contribution is -2.32. The molecule has 2 aromatic rings. The predicted molar refractivity (Wildman–Crippen MR) is 71.9 cm³/mol. The number of aromatic nitrogens is 4. The Morgan fingerprint density at radius 2 is 2.00 bits per heavy atom. The SMILES string of the molecule is Nc1nc(N2CC3C(C2)C3(CO)CO)c2[nH]cnc2n1. The number of piperidine rings is 1. The number of hydrogen-bond donors (Lipinski definition) is 4. The van der Waals surface area contributed by atoms with Gasteiger partial charge in [0.05, 0.1) is 19.5 Å². The van der Waals surface area contributed by atoms with Gasteiger partial charge in [-0.3, -0.25) is 0 Å². The molecule has 0 radical (unpaired) electrons. The van der Waals surface area contributed by atoms with Crippen LogP contribution < -0.4 is 10.6 Å². The number of aromatic amines is 1. The van der Waals surface area contributed by atoms with Crippen LogP contribution in [0.4, 0.5) is 11.8 Å². The minimum Gasteiger partial charge on any atom is -0.396 e. The molecule has 2 atom stereocenters. The Morgan fingerprint density at radius 1 is 1.30 bits per heavy atom. The summed E-state index contributed by atoms with van der Waals surface area (Å²) >= 11 is 0. The lowest BCUT2D eigenvalue weighted by atomic mass is 10.0. The van der Waals surface area contributed by atoms with Gasteiger partial charge in [-0.15, -0.1) is 0 Å². The van der Waals surface area contributed by atoms with Crippen LogP contribution in [0, 0.1) is 17.3 Å². The van der Waals surface area contributed by atoms with Crippen molar-refractivity contribution in [2.45, 2.75) is 0 Å². The number of nitrogens with zero attached hydrogens (tertiary/aromatic N) is 4. The van der Waals surface area contributed by atoms with E-state index < -0.39 is 0 Å². The van der Waals surface area contributed by atoms with Crippen LogP contribution in [-0.4, -0.2) is 56.5 Å². The van der Waals surface area contributed by atoms with E-state index in [1.165, 1.54) is 0 Å². The fourth-order valence-electron chi connectivity index (χ4n) is 3.59. The van der Waals surface area contributed by atoms with E-state index in [0.29, 0.717) is 17.5 Å². The zero-order chi connectivity index (χ0) is 13.9. The summed E-state index contributed by atoms with van der Waals surface area (Å²) in [4.78, 5) is 17.7. The van der Waals surface area contributed by atoms with Gasteiger partial charge < -0.3 is 25.8 Å². The van der Waals surface area contributed by atoms with Crippen molar-refractivity contribution < 1.29 is 10.2 Å². The third-order valence-electron chi connectivity index (χ3n) is 4.86. The highest BCUT2D eigenvalue weighted by atomic mass is 16.3. The summed E-state index contributed by atoms with van der Waals surface area (Å²) in [5, 5.41) is 18.9. The standard InChI is InChI=1S/C12H16N6O2/c13-11-16-9-8(14-5-15-9)10(17-11)18-1-6-7(2-18)12(6,3-19)4-20/h5-7,19-20H,1-4H2,(H3,13,14,15,16,17). The Labute approximate surface area is 114 Å². The second-order valence-electron chi connectivity index (χ2n) is 5.67. The van der Waals surface area contributed by atoms with Crippen LogP contribution in [-0.2, 0) is 0 Å². The molecule has 2 aliphatic rings. The van der Waals surface area contributed by atoms with Crippen molar-refractivity contribution in [2.24, 2.45) is 17.3 Å². The predicted octanol–water partition coefficient (Wildman–Crippen LogP) is -1.03. The molecule has 2 unspecified atom stereocenters. The number of nitrogen functional groups attached to an aromatic ring is 1. The van der Waals surface area contributed by atoms with E-state index in [1.807, 2.05) is 0 Å². The van der Waals surface area contributed by atoms with Gasteiger partial charge >= 0.3 is 0 Å². The number of H-pyrrole nitrogens is 1. The zero-order valence-corrected chi connectivity index (χ0v) is 10.8. The second-order valence-corrected chi connectivity index (χ2v) is 5.67. The van der Waals surface area contributed by atoms with Crippen LogP contribution >= 0.6 is 0 Å². The molecule has 1 aliphatic carbocycles. The average Bonchev–Trinajstić information content (AvgIpc) is 2.85. The summed E-state index contributed by atoms with van der Waals surface area (Å²) in [6, 6.07) is 0. The van der Waals surface area contributed by atoms with Crippen molar-refractivity contribution in [1.29, 1.82) is 0 Å².